The number of carbonyl (C=O) groups excluding carboxylic acids is 1. The predicted octanol–water partition coefficient (Wildman–Crippen LogP) is 3.96. The first-order valence-corrected chi connectivity index (χ1v) is 9.86. The molecule has 1 saturated carbocycles. The van der Waals surface area contributed by atoms with Gasteiger partial charge in [-0.1, -0.05) is 26.2 Å². The van der Waals surface area contributed by atoms with Crippen molar-refractivity contribution in [1.29, 1.82) is 0 Å². The van der Waals surface area contributed by atoms with E-state index in [4.69, 9.17) is 0 Å². The van der Waals surface area contributed by atoms with E-state index in [1.165, 1.54) is 38.2 Å². The van der Waals surface area contributed by atoms with Gasteiger partial charge in [-0.05, 0) is 37.7 Å². The fourth-order valence-corrected chi connectivity index (χ4v) is 3.43. The van der Waals surface area contributed by atoms with Gasteiger partial charge in [0.15, 0.2) is 0 Å². The van der Waals surface area contributed by atoms with Gasteiger partial charge in [-0.3, -0.25) is 4.79 Å². The van der Waals surface area contributed by atoms with Gasteiger partial charge in [0.2, 0.25) is 6.41 Å². The molecule has 2 rings (SSSR count). The Morgan fingerprint density at radius 1 is 1.16 bits per heavy atom. The molecule has 0 aromatic carbocycles. The summed E-state index contributed by atoms with van der Waals surface area (Å²) in [5, 5.41) is 0. The largest absolute Gasteiger partial charge is 0.534 e. The van der Waals surface area contributed by atoms with Crippen LogP contribution in [-0.4, -0.2) is 38.3 Å². The number of hydrogen-bond donors (Lipinski definition) is 0. The summed E-state index contributed by atoms with van der Waals surface area (Å²) >= 11 is 0. The van der Waals surface area contributed by atoms with Gasteiger partial charge in [0.1, 0.15) is 5.76 Å². The summed E-state index contributed by atoms with van der Waals surface area (Å²) in [6.07, 6.45) is 10.4. The predicted molar refractivity (Wildman–Crippen MR) is 87.9 cm³/mol. The molecule has 1 amide bonds. The monoisotopic (exact) mass is 385 g/mol. The molecule has 0 heterocycles. The number of nitrogens with zero attached hydrogens (tertiary/aromatic N) is 1. The van der Waals surface area contributed by atoms with E-state index >= 15 is 0 Å². The summed E-state index contributed by atoms with van der Waals surface area (Å²) in [5.74, 6) is -0.0525. The van der Waals surface area contributed by atoms with E-state index in [1.54, 1.807) is 11.8 Å². The highest BCUT2D eigenvalue weighted by atomic mass is 32.2. The third-order valence-electron chi connectivity index (χ3n) is 4.37. The van der Waals surface area contributed by atoms with Crippen LogP contribution >= 0.6 is 0 Å². The summed E-state index contributed by atoms with van der Waals surface area (Å²) in [6.45, 7) is 1.79. The molecule has 0 aliphatic heterocycles. The van der Waals surface area contributed by atoms with Crippen LogP contribution in [0.1, 0.15) is 58.3 Å². The van der Waals surface area contributed by atoms with Gasteiger partial charge in [0.05, 0.1) is 0 Å². The molecule has 25 heavy (non-hydrogen) atoms. The zero-order valence-corrected chi connectivity index (χ0v) is 15.4. The first-order valence-electron chi connectivity index (χ1n) is 8.45. The van der Waals surface area contributed by atoms with Crippen molar-refractivity contribution in [2.24, 2.45) is 5.92 Å². The van der Waals surface area contributed by atoms with Crippen molar-refractivity contribution in [3.05, 3.63) is 11.8 Å². The van der Waals surface area contributed by atoms with Crippen molar-refractivity contribution in [2.75, 3.05) is 7.05 Å². The molecule has 0 bridgehead atoms. The molecule has 1 unspecified atom stereocenters. The number of allylic oxidation sites excluding steroid dienone is 2. The average Bonchev–Trinajstić information content (AvgIpc) is 2.54. The van der Waals surface area contributed by atoms with Crippen LogP contribution in [0.25, 0.3) is 0 Å². The molecular weight excluding hydrogens is 359 g/mol. The summed E-state index contributed by atoms with van der Waals surface area (Å²) in [5.41, 5.74) is -5.35. The van der Waals surface area contributed by atoms with Crippen LogP contribution in [0.3, 0.4) is 0 Å². The van der Waals surface area contributed by atoms with Crippen molar-refractivity contribution in [3.8, 4) is 0 Å². The molecular formula is C16H26F3NO4S. The van der Waals surface area contributed by atoms with Crippen LogP contribution in [0.5, 0.6) is 0 Å². The number of rotatable bonds is 4. The normalized spacial score (nSPS) is 22.3. The SMILES string of the molecule is CC1C=C(OS(=O)(=O)C(F)(F)F)CCC1.CN(C=O)C1CCCCC1. The first kappa shape index (κ1) is 21.8. The second kappa shape index (κ2) is 9.45. The Morgan fingerprint density at radius 2 is 1.76 bits per heavy atom. The molecule has 146 valence electrons. The fraction of sp³-hybridized carbons (Fsp3) is 0.812. The van der Waals surface area contributed by atoms with Gasteiger partial charge in [0.25, 0.3) is 0 Å². The Hall–Kier alpha value is -1.25. The van der Waals surface area contributed by atoms with Gasteiger partial charge in [0, 0.05) is 19.5 Å². The lowest BCUT2D eigenvalue weighted by atomic mass is 9.95. The molecule has 0 N–H and O–H groups in total. The van der Waals surface area contributed by atoms with Gasteiger partial charge < -0.3 is 9.08 Å². The lowest BCUT2D eigenvalue weighted by Crippen LogP contribution is -2.31. The van der Waals surface area contributed by atoms with Gasteiger partial charge >= 0.3 is 15.6 Å². The minimum absolute atomic E-state index is 0.0529. The summed E-state index contributed by atoms with van der Waals surface area (Å²) in [6, 6.07) is 0.534. The fourth-order valence-electron chi connectivity index (χ4n) is 2.91. The van der Waals surface area contributed by atoms with Gasteiger partial charge in [-0.15, -0.1) is 0 Å². The van der Waals surface area contributed by atoms with Crippen molar-refractivity contribution in [1.82, 2.24) is 4.90 Å². The number of halogens is 3. The Bertz CT molecular complexity index is 554. The molecule has 9 heteroatoms. The van der Waals surface area contributed by atoms with Crippen LogP contribution < -0.4 is 0 Å². The Labute approximate surface area is 147 Å². The zero-order chi connectivity index (χ0) is 19.1. The maximum Gasteiger partial charge on any atom is 0.534 e. The van der Waals surface area contributed by atoms with Gasteiger partial charge in [-0.25, -0.2) is 0 Å². The third kappa shape index (κ3) is 7.25. The van der Waals surface area contributed by atoms with E-state index in [0.29, 0.717) is 12.5 Å². The van der Waals surface area contributed by atoms with Crippen LogP contribution in [-0.2, 0) is 19.1 Å². The molecule has 5 nitrogen and oxygen atoms in total. The second-order valence-corrected chi connectivity index (χ2v) is 8.09. The average molecular weight is 385 g/mol. The number of amides is 1. The van der Waals surface area contributed by atoms with E-state index in [9.17, 15) is 26.4 Å². The minimum Gasteiger partial charge on any atom is -0.381 e. The van der Waals surface area contributed by atoms with E-state index in [-0.39, 0.29) is 18.1 Å². The molecule has 0 aromatic heterocycles. The zero-order valence-electron chi connectivity index (χ0n) is 14.6. The standard InChI is InChI=1S/C8H11F3O3S.C8H15NO/c1-6-3-2-4-7(5-6)14-15(12,13)8(9,10)11;1-9(7-10)8-5-3-2-4-6-8/h5-6H,2-4H2,1H3;7-8H,2-6H2,1H3. The number of alkyl halides is 3. The van der Waals surface area contributed by atoms with E-state index < -0.39 is 15.6 Å². The minimum atomic E-state index is -5.49. The highest BCUT2D eigenvalue weighted by molar-refractivity contribution is 7.87. The molecule has 0 saturated heterocycles. The van der Waals surface area contributed by atoms with Crippen LogP contribution in [0, 0.1) is 5.92 Å². The van der Waals surface area contributed by atoms with Crippen molar-refractivity contribution < 1.29 is 30.6 Å². The first-order chi connectivity index (χ1) is 11.6. The highest BCUT2D eigenvalue weighted by Crippen LogP contribution is 2.30. The second-order valence-electron chi connectivity index (χ2n) is 6.55. The number of hydrogen-bond acceptors (Lipinski definition) is 4. The Morgan fingerprint density at radius 3 is 2.24 bits per heavy atom. The topological polar surface area (TPSA) is 63.7 Å². The maximum absolute atomic E-state index is 11.9. The molecule has 2 aliphatic rings. The maximum atomic E-state index is 11.9. The summed E-state index contributed by atoms with van der Waals surface area (Å²) < 4.78 is 61.1. The smallest absolute Gasteiger partial charge is 0.381 e. The lowest BCUT2D eigenvalue weighted by Gasteiger charge is -2.27. The molecule has 1 atom stereocenters. The van der Waals surface area contributed by atoms with E-state index in [2.05, 4.69) is 4.18 Å². The summed E-state index contributed by atoms with van der Waals surface area (Å²) in [4.78, 5) is 12.1. The lowest BCUT2D eigenvalue weighted by molar-refractivity contribution is -0.119. The molecule has 1 fully saturated rings. The molecule has 0 radical (unpaired) electrons. The molecule has 0 aromatic rings. The number of carbonyl (C=O) groups is 1. The van der Waals surface area contributed by atoms with Crippen LogP contribution in [0.4, 0.5) is 13.2 Å². The highest BCUT2D eigenvalue weighted by Gasteiger charge is 2.48. The quantitative estimate of drug-likeness (QED) is 0.417. The van der Waals surface area contributed by atoms with E-state index in [0.717, 1.165) is 12.8 Å². The molecule has 0 spiro atoms. The third-order valence-corrected chi connectivity index (χ3v) is 5.37. The van der Waals surface area contributed by atoms with E-state index in [1.807, 2.05) is 7.05 Å². The van der Waals surface area contributed by atoms with Crippen LogP contribution in [0.2, 0.25) is 0 Å². The summed E-state index contributed by atoms with van der Waals surface area (Å²) in [7, 11) is -3.61. The van der Waals surface area contributed by atoms with Gasteiger partial charge in [-0.2, -0.15) is 21.6 Å². The van der Waals surface area contributed by atoms with Crippen LogP contribution in [0.15, 0.2) is 11.8 Å². The molecule has 2 aliphatic carbocycles. The van der Waals surface area contributed by atoms with Crippen molar-refractivity contribution in [2.45, 2.75) is 69.8 Å². The van der Waals surface area contributed by atoms with Crippen molar-refractivity contribution >= 4 is 16.5 Å². The Kier molecular flexibility index (Phi) is 8.24. The van der Waals surface area contributed by atoms with Crippen molar-refractivity contribution in [3.63, 3.8) is 0 Å². The Balaban J connectivity index is 0.000000271.